The zero-order valence-corrected chi connectivity index (χ0v) is 19.4. The third-order valence-corrected chi connectivity index (χ3v) is 4.70. The number of ketones is 1. The number of benzene rings is 2. The minimum atomic E-state index is -0.321. The molecule has 1 amide bonds. The van der Waals surface area contributed by atoms with E-state index in [9.17, 15) is 9.59 Å². The lowest BCUT2D eigenvalue weighted by atomic mass is 10.1. The van der Waals surface area contributed by atoms with Crippen LogP contribution >= 0.6 is 0 Å². The van der Waals surface area contributed by atoms with Crippen LogP contribution in [0.5, 0.6) is 23.1 Å². The number of aromatic nitrogens is 2. The number of hydrogen-bond acceptors (Lipinski definition) is 8. The molecule has 1 aromatic heterocycles. The monoisotopic (exact) mass is 465 g/mol. The van der Waals surface area contributed by atoms with Crippen LogP contribution in [0, 0.1) is 0 Å². The molecule has 0 saturated carbocycles. The largest absolute Gasteiger partial charge is 0.494 e. The van der Waals surface area contributed by atoms with E-state index in [1.165, 1.54) is 14.0 Å². The number of amides is 1. The van der Waals surface area contributed by atoms with Gasteiger partial charge < -0.3 is 24.3 Å². The number of ether oxygens (including phenoxy) is 4. The Balaban J connectivity index is 1.40. The van der Waals surface area contributed by atoms with Gasteiger partial charge in [0.25, 0.3) is 5.91 Å². The molecule has 1 heterocycles. The molecule has 0 aliphatic rings. The summed E-state index contributed by atoms with van der Waals surface area (Å²) >= 11 is 0. The third kappa shape index (κ3) is 6.93. The van der Waals surface area contributed by atoms with Crippen molar-refractivity contribution in [3.8, 4) is 34.4 Å². The molecule has 178 valence electrons. The van der Waals surface area contributed by atoms with Crippen LogP contribution in [0.2, 0.25) is 0 Å². The summed E-state index contributed by atoms with van der Waals surface area (Å²) in [5.41, 5.74) is 2.14. The molecule has 3 aromatic rings. The Kier molecular flexibility index (Phi) is 8.79. The molecule has 1 N–H and O–H groups in total. The lowest BCUT2D eigenvalue weighted by molar-refractivity contribution is -0.123. The van der Waals surface area contributed by atoms with Crippen molar-refractivity contribution < 1.29 is 28.5 Å². The first-order valence-electron chi connectivity index (χ1n) is 10.8. The van der Waals surface area contributed by atoms with Gasteiger partial charge in [0, 0.05) is 17.2 Å². The standard InChI is InChI=1S/C25H27N3O6/c1-4-32-20-8-5-18(6-9-20)21-10-12-25(28-27-21)33-14-13-26-24(30)16-34-22-11-7-19(17(2)29)15-23(22)31-3/h5-12,15H,4,13-14,16H2,1-3H3,(H,26,30). The fraction of sp³-hybridized carbons (Fsp3) is 0.280. The van der Waals surface area contributed by atoms with Crippen molar-refractivity contribution in [1.82, 2.24) is 15.5 Å². The zero-order chi connectivity index (χ0) is 24.3. The van der Waals surface area contributed by atoms with Gasteiger partial charge in [-0.15, -0.1) is 10.2 Å². The maximum Gasteiger partial charge on any atom is 0.258 e. The van der Waals surface area contributed by atoms with Crippen LogP contribution in [0.15, 0.2) is 54.6 Å². The van der Waals surface area contributed by atoms with Gasteiger partial charge in [-0.2, -0.15) is 0 Å². The Morgan fingerprint density at radius 2 is 1.71 bits per heavy atom. The molecule has 0 aliphatic carbocycles. The van der Waals surface area contributed by atoms with Crippen LogP contribution in [0.4, 0.5) is 0 Å². The topological polar surface area (TPSA) is 109 Å². The highest BCUT2D eigenvalue weighted by atomic mass is 16.5. The molecule has 0 bridgehead atoms. The molecule has 9 heteroatoms. The molecular formula is C25H27N3O6. The first kappa shape index (κ1) is 24.5. The van der Waals surface area contributed by atoms with Crippen LogP contribution in [-0.4, -0.2) is 55.4 Å². The van der Waals surface area contributed by atoms with E-state index in [2.05, 4.69) is 15.5 Å². The molecule has 0 radical (unpaired) electrons. The van der Waals surface area contributed by atoms with Crippen LogP contribution in [-0.2, 0) is 4.79 Å². The predicted molar refractivity (Wildman–Crippen MR) is 126 cm³/mol. The maximum atomic E-state index is 12.0. The quantitative estimate of drug-likeness (QED) is 0.321. The van der Waals surface area contributed by atoms with E-state index in [1.54, 1.807) is 24.3 Å². The van der Waals surface area contributed by atoms with Gasteiger partial charge in [0.2, 0.25) is 5.88 Å². The van der Waals surface area contributed by atoms with Crippen LogP contribution in [0.1, 0.15) is 24.2 Å². The summed E-state index contributed by atoms with van der Waals surface area (Å²) in [5.74, 6) is 1.52. The van der Waals surface area contributed by atoms with Crippen molar-refractivity contribution in [2.24, 2.45) is 0 Å². The van der Waals surface area contributed by atoms with Crippen LogP contribution in [0.3, 0.4) is 0 Å². The molecule has 0 saturated heterocycles. The van der Waals surface area contributed by atoms with Crippen molar-refractivity contribution >= 4 is 11.7 Å². The van der Waals surface area contributed by atoms with E-state index in [4.69, 9.17) is 18.9 Å². The van der Waals surface area contributed by atoms with Crippen molar-refractivity contribution in [3.05, 3.63) is 60.2 Å². The highest BCUT2D eigenvalue weighted by Gasteiger charge is 2.10. The van der Waals surface area contributed by atoms with Gasteiger partial charge in [-0.05, 0) is 62.4 Å². The Bertz CT molecular complexity index is 1100. The first-order valence-corrected chi connectivity index (χ1v) is 10.8. The summed E-state index contributed by atoms with van der Waals surface area (Å²) in [4.78, 5) is 23.5. The van der Waals surface area contributed by atoms with Crippen LogP contribution < -0.4 is 24.3 Å². The number of nitrogens with one attached hydrogen (secondary N) is 1. The number of nitrogens with zero attached hydrogens (tertiary/aromatic N) is 2. The second kappa shape index (κ2) is 12.2. The van der Waals surface area contributed by atoms with Gasteiger partial charge >= 0.3 is 0 Å². The summed E-state index contributed by atoms with van der Waals surface area (Å²) < 4.78 is 21.7. The number of carbonyl (C=O) groups excluding carboxylic acids is 2. The van der Waals surface area contributed by atoms with Crippen molar-refractivity contribution in [2.45, 2.75) is 13.8 Å². The van der Waals surface area contributed by atoms with Crippen molar-refractivity contribution in [3.63, 3.8) is 0 Å². The molecule has 3 rings (SSSR count). The minimum absolute atomic E-state index is 0.0851. The molecule has 0 aliphatic heterocycles. The van der Waals surface area contributed by atoms with Gasteiger partial charge in [-0.3, -0.25) is 9.59 Å². The first-order chi connectivity index (χ1) is 16.5. The average Bonchev–Trinajstić information content (AvgIpc) is 2.86. The van der Waals surface area contributed by atoms with E-state index in [1.807, 2.05) is 37.3 Å². The molecule has 0 unspecified atom stereocenters. The third-order valence-electron chi connectivity index (χ3n) is 4.70. The second-order valence-electron chi connectivity index (χ2n) is 7.12. The number of Topliss-reactive ketones (excluding diaryl/α,β-unsaturated/α-hetero) is 1. The molecule has 34 heavy (non-hydrogen) atoms. The fourth-order valence-electron chi connectivity index (χ4n) is 2.99. The normalized spacial score (nSPS) is 10.3. The number of rotatable bonds is 12. The van der Waals surface area contributed by atoms with Gasteiger partial charge in [-0.25, -0.2) is 0 Å². The van der Waals surface area contributed by atoms with Gasteiger partial charge in [-0.1, -0.05) is 0 Å². The smallest absolute Gasteiger partial charge is 0.258 e. The predicted octanol–water partition coefficient (Wildman–Crippen LogP) is 3.33. The van der Waals surface area contributed by atoms with Crippen LogP contribution in [0.25, 0.3) is 11.3 Å². The fourth-order valence-corrected chi connectivity index (χ4v) is 2.99. The van der Waals surface area contributed by atoms with E-state index < -0.39 is 0 Å². The van der Waals surface area contributed by atoms with E-state index in [-0.39, 0.29) is 31.4 Å². The minimum Gasteiger partial charge on any atom is -0.494 e. The molecular weight excluding hydrogens is 438 g/mol. The van der Waals surface area contributed by atoms with E-state index in [0.29, 0.717) is 35.2 Å². The Hall–Kier alpha value is -4.14. The summed E-state index contributed by atoms with van der Waals surface area (Å²) in [6.07, 6.45) is 0. The highest BCUT2D eigenvalue weighted by Crippen LogP contribution is 2.28. The Morgan fingerprint density at radius 3 is 2.35 bits per heavy atom. The number of hydrogen-bond donors (Lipinski definition) is 1. The maximum absolute atomic E-state index is 12.0. The van der Waals surface area contributed by atoms with E-state index >= 15 is 0 Å². The Morgan fingerprint density at radius 1 is 0.912 bits per heavy atom. The highest BCUT2D eigenvalue weighted by molar-refractivity contribution is 5.94. The van der Waals surface area contributed by atoms with Crippen molar-refractivity contribution in [1.29, 1.82) is 0 Å². The molecule has 2 aromatic carbocycles. The van der Waals surface area contributed by atoms with Gasteiger partial charge in [0.15, 0.2) is 23.9 Å². The lowest BCUT2D eigenvalue weighted by Gasteiger charge is -2.12. The molecule has 0 fully saturated rings. The summed E-state index contributed by atoms with van der Waals surface area (Å²) in [7, 11) is 1.47. The zero-order valence-electron chi connectivity index (χ0n) is 19.4. The second-order valence-corrected chi connectivity index (χ2v) is 7.12. The van der Waals surface area contributed by atoms with E-state index in [0.717, 1.165) is 11.3 Å². The van der Waals surface area contributed by atoms with Gasteiger partial charge in [0.05, 0.1) is 26.0 Å². The SMILES string of the molecule is CCOc1ccc(-c2ccc(OCCNC(=O)COc3ccc(C(C)=O)cc3OC)nn2)cc1. The van der Waals surface area contributed by atoms with Crippen molar-refractivity contribution in [2.75, 3.05) is 33.5 Å². The number of carbonyl (C=O) groups is 2. The Labute approximate surface area is 198 Å². The number of methoxy groups -OCH3 is 1. The summed E-state index contributed by atoms with van der Waals surface area (Å²) in [6, 6.07) is 15.9. The lowest BCUT2D eigenvalue weighted by Crippen LogP contribution is -2.32. The van der Waals surface area contributed by atoms with Gasteiger partial charge in [0.1, 0.15) is 12.4 Å². The molecule has 0 atom stereocenters. The summed E-state index contributed by atoms with van der Waals surface area (Å²) in [6.45, 7) is 4.30. The summed E-state index contributed by atoms with van der Waals surface area (Å²) in [5, 5.41) is 10.9. The molecule has 0 spiro atoms. The average molecular weight is 466 g/mol. The molecule has 9 nitrogen and oxygen atoms in total.